The van der Waals surface area contributed by atoms with E-state index in [1.165, 1.54) is 24.3 Å². The van der Waals surface area contributed by atoms with Gasteiger partial charge in [-0.15, -0.1) is 0 Å². The lowest BCUT2D eigenvalue weighted by Crippen LogP contribution is -2.66. The van der Waals surface area contributed by atoms with Gasteiger partial charge in [0, 0.05) is 19.1 Å². The topological polar surface area (TPSA) is 44.8 Å². The van der Waals surface area contributed by atoms with Crippen molar-refractivity contribution in [1.29, 1.82) is 0 Å². The molecule has 44 heavy (non-hydrogen) atoms. The summed E-state index contributed by atoms with van der Waals surface area (Å²) in [6.07, 6.45) is -2.20. The maximum Gasteiger partial charge on any atom is 0.432 e. The van der Waals surface area contributed by atoms with Gasteiger partial charge in [-0.25, -0.2) is 4.79 Å². The van der Waals surface area contributed by atoms with Crippen LogP contribution in [0.5, 0.6) is 0 Å². The van der Waals surface area contributed by atoms with Crippen molar-refractivity contribution >= 4 is 24.7 Å². The molecule has 0 N–H and O–H groups in total. The van der Waals surface area contributed by atoms with Crippen molar-refractivity contribution in [2.45, 2.75) is 70.9 Å². The van der Waals surface area contributed by atoms with Crippen molar-refractivity contribution in [3.8, 4) is 0 Å². The van der Waals surface area contributed by atoms with Crippen LogP contribution in [0.4, 0.5) is 13.2 Å². The molecule has 2 atom stereocenters. The van der Waals surface area contributed by atoms with Crippen LogP contribution in [0.2, 0.25) is 5.04 Å². The highest BCUT2D eigenvalue weighted by Crippen LogP contribution is 2.43. The minimum Gasteiger partial charge on any atom is -0.455 e. The van der Waals surface area contributed by atoms with Gasteiger partial charge >= 0.3 is 12.1 Å². The molecule has 8 heteroatoms. The fourth-order valence-corrected chi connectivity index (χ4v) is 9.95. The van der Waals surface area contributed by atoms with E-state index >= 15 is 0 Å². The van der Waals surface area contributed by atoms with Gasteiger partial charge in [0.15, 0.2) is 0 Å². The first-order chi connectivity index (χ1) is 20.7. The van der Waals surface area contributed by atoms with Gasteiger partial charge in [0.2, 0.25) is 0 Å². The van der Waals surface area contributed by atoms with Crippen LogP contribution in [-0.2, 0) is 24.3 Å². The fourth-order valence-electron chi connectivity index (χ4n) is 5.46. The smallest absolute Gasteiger partial charge is 0.432 e. The molecule has 0 aliphatic rings. The number of methoxy groups -OCH3 is 1. The van der Waals surface area contributed by atoms with Gasteiger partial charge in [0.25, 0.3) is 13.9 Å². The summed E-state index contributed by atoms with van der Waals surface area (Å²) in [7, 11) is -1.99. The second-order valence-electron chi connectivity index (χ2n) is 12.1. The van der Waals surface area contributed by atoms with E-state index in [1.54, 1.807) is 19.1 Å². The van der Waals surface area contributed by atoms with Crippen molar-refractivity contribution in [2.24, 2.45) is 0 Å². The molecular weight excluding hydrogens is 581 g/mol. The van der Waals surface area contributed by atoms with Crippen LogP contribution < -0.4 is 10.4 Å². The predicted molar refractivity (Wildman–Crippen MR) is 172 cm³/mol. The van der Waals surface area contributed by atoms with Gasteiger partial charge in [-0.1, -0.05) is 129 Å². The summed E-state index contributed by atoms with van der Waals surface area (Å²) < 4.78 is 61.3. The molecule has 3 aromatic carbocycles. The molecule has 3 aromatic rings. The van der Waals surface area contributed by atoms with E-state index in [0.29, 0.717) is 5.57 Å². The Bertz CT molecular complexity index is 1370. The van der Waals surface area contributed by atoms with Crippen molar-refractivity contribution in [2.75, 3.05) is 13.7 Å². The summed E-state index contributed by atoms with van der Waals surface area (Å²) in [5.74, 6) is -1.52. The highest BCUT2D eigenvalue weighted by molar-refractivity contribution is 6.99. The normalized spacial score (nSPS) is 14.8. The Labute approximate surface area is 260 Å². The summed E-state index contributed by atoms with van der Waals surface area (Å²) in [6.45, 7) is 12.2. The third-order valence-corrected chi connectivity index (χ3v) is 12.8. The summed E-state index contributed by atoms with van der Waals surface area (Å²) in [5, 5.41) is 1.96. The zero-order chi connectivity index (χ0) is 32.6. The van der Waals surface area contributed by atoms with Crippen LogP contribution in [0, 0.1) is 0 Å². The Morgan fingerprint density at radius 2 is 1.27 bits per heavy atom. The quantitative estimate of drug-likeness (QED) is 0.117. The molecule has 0 aliphatic carbocycles. The Balaban J connectivity index is 2.01. The van der Waals surface area contributed by atoms with E-state index in [9.17, 15) is 18.0 Å². The highest BCUT2D eigenvalue weighted by atomic mass is 28.4. The number of rotatable bonds is 12. The standard InChI is InChI=1S/C36H43F3O4Si/c1-27(2)23-24-32(43-33(40)35(41-7,36(37,38)39)29-17-11-8-12-18-29)28(3)25-26-42-44(34(4,5)6,30-19-13-9-14-20-30)31-21-15-10-16-22-31/h8-23,25,32H,24,26H2,1-7H3/b28-25+/t32-,35-/m1/s1. The monoisotopic (exact) mass is 624 g/mol. The van der Waals surface area contributed by atoms with Gasteiger partial charge in [0.1, 0.15) is 6.10 Å². The zero-order valence-corrected chi connectivity index (χ0v) is 27.6. The molecule has 4 nitrogen and oxygen atoms in total. The van der Waals surface area contributed by atoms with Crippen molar-refractivity contribution in [3.05, 3.63) is 120 Å². The number of ether oxygens (including phenoxy) is 2. The number of hydrogen-bond donors (Lipinski definition) is 0. The van der Waals surface area contributed by atoms with Crippen LogP contribution >= 0.6 is 0 Å². The van der Waals surface area contributed by atoms with E-state index < -0.39 is 32.2 Å². The third-order valence-electron chi connectivity index (χ3n) is 7.79. The fraction of sp³-hybridized carbons (Fsp3) is 0.361. The molecule has 3 rings (SSSR count). The number of benzene rings is 3. The van der Waals surface area contributed by atoms with Crippen LogP contribution in [0.1, 0.15) is 53.5 Å². The molecule has 0 amide bonds. The maximum atomic E-state index is 14.6. The minimum absolute atomic E-state index is 0.176. The molecule has 0 unspecified atom stereocenters. The highest BCUT2D eigenvalue weighted by Gasteiger charge is 2.64. The number of allylic oxidation sites excluding steroid dienone is 1. The first-order valence-electron chi connectivity index (χ1n) is 14.6. The van der Waals surface area contributed by atoms with Gasteiger partial charge in [-0.3, -0.25) is 0 Å². The zero-order valence-electron chi connectivity index (χ0n) is 26.6. The van der Waals surface area contributed by atoms with Gasteiger partial charge in [0.05, 0.1) is 6.61 Å². The molecule has 0 bridgehead atoms. The lowest BCUT2D eigenvalue weighted by Gasteiger charge is -2.42. The molecule has 0 spiro atoms. The number of carbonyl (C=O) groups excluding carboxylic acids is 1. The van der Waals surface area contributed by atoms with E-state index in [-0.39, 0.29) is 23.6 Å². The molecule has 0 fully saturated rings. The van der Waals surface area contributed by atoms with Crippen molar-refractivity contribution < 1.29 is 31.9 Å². The average molecular weight is 625 g/mol. The Morgan fingerprint density at radius 3 is 1.68 bits per heavy atom. The number of alkyl halides is 3. The average Bonchev–Trinajstić information content (AvgIpc) is 2.98. The Hall–Kier alpha value is -3.46. The number of esters is 1. The van der Waals surface area contributed by atoms with Gasteiger partial charge in [-0.2, -0.15) is 13.2 Å². The maximum absolute atomic E-state index is 14.6. The van der Waals surface area contributed by atoms with E-state index in [0.717, 1.165) is 23.1 Å². The van der Waals surface area contributed by atoms with Crippen LogP contribution in [-0.4, -0.2) is 40.3 Å². The molecule has 0 radical (unpaired) electrons. The molecule has 0 aliphatic heterocycles. The van der Waals surface area contributed by atoms with Gasteiger partial charge in [-0.05, 0) is 41.8 Å². The summed E-state index contributed by atoms with van der Waals surface area (Å²) >= 11 is 0. The molecule has 0 saturated carbocycles. The Kier molecular flexibility index (Phi) is 11.6. The minimum atomic E-state index is -5.06. The predicted octanol–water partition coefficient (Wildman–Crippen LogP) is 7.88. The third kappa shape index (κ3) is 7.42. The van der Waals surface area contributed by atoms with Crippen LogP contribution in [0.3, 0.4) is 0 Å². The number of halogens is 3. The van der Waals surface area contributed by atoms with Crippen LogP contribution in [0.25, 0.3) is 0 Å². The van der Waals surface area contributed by atoms with Gasteiger partial charge < -0.3 is 13.9 Å². The first-order valence-corrected chi connectivity index (χ1v) is 16.5. The number of hydrogen-bond acceptors (Lipinski definition) is 4. The largest absolute Gasteiger partial charge is 0.455 e. The summed E-state index contributed by atoms with van der Waals surface area (Å²) in [5.41, 5.74) is -2.10. The lowest BCUT2D eigenvalue weighted by atomic mass is 9.92. The van der Waals surface area contributed by atoms with E-state index in [4.69, 9.17) is 13.9 Å². The second kappa shape index (κ2) is 14.5. The second-order valence-corrected chi connectivity index (χ2v) is 16.4. The molecular formula is C36H43F3O4Si. The summed E-state index contributed by atoms with van der Waals surface area (Å²) in [6, 6.07) is 27.1. The SMILES string of the molecule is CO[C@@](C(=O)O[C@H](CC=C(C)C)/C(C)=C/CO[Si](c1ccccc1)(c1ccccc1)C(C)(C)C)(c1ccccc1)C(F)(F)F. The van der Waals surface area contributed by atoms with E-state index in [2.05, 4.69) is 45.0 Å². The molecule has 0 aromatic heterocycles. The van der Waals surface area contributed by atoms with E-state index in [1.807, 2.05) is 56.3 Å². The van der Waals surface area contributed by atoms with Crippen LogP contribution in [0.15, 0.2) is 114 Å². The number of carbonyl (C=O) groups is 1. The lowest BCUT2D eigenvalue weighted by molar-refractivity contribution is -0.277. The summed E-state index contributed by atoms with van der Waals surface area (Å²) in [4.78, 5) is 13.5. The molecule has 0 heterocycles. The molecule has 236 valence electrons. The van der Waals surface area contributed by atoms with Crippen molar-refractivity contribution in [3.63, 3.8) is 0 Å². The first kappa shape index (κ1) is 35.0. The Morgan fingerprint density at radius 1 is 0.795 bits per heavy atom. The molecule has 0 saturated heterocycles. The van der Waals surface area contributed by atoms with Crippen molar-refractivity contribution in [1.82, 2.24) is 0 Å².